The van der Waals surface area contributed by atoms with Crippen molar-refractivity contribution >= 4 is 49.6 Å². The van der Waals surface area contributed by atoms with Crippen molar-refractivity contribution in [3.05, 3.63) is 34.1 Å². The van der Waals surface area contributed by atoms with Crippen molar-refractivity contribution in [2.45, 2.75) is 57.3 Å². The predicted octanol–water partition coefficient (Wildman–Crippen LogP) is 3.56. The number of ether oxygens (including phenoxy) is 1. The molecule has 0 saturated carbocycles. The maximum absolute atomic E-state index is 13.0. The zero-order valence-electron chi connectivity index (χ0n) is 18.3. The Kier molecular flexibility index (Phi) is 7.71. The van der Waals surface area contributed by atoms with E-state index in [0.717, 1.165) is 0 Å². The van der Waals surface area contributed by atoms with Crippen LogP contribution in [0.5, 0.6) is 0 Å². The molecule has 0 bridgehead atoms. The molecule has 7 nitrogen and oxygen atoms in total. The number of rotatable bonds is 9. The molecule has 3 atom stereocenters. The molecule has 2 N–H and O–H groups in total. The number of nitrogens with zero attached hydrogens (tertiary/aromatic N) is 1. The number of amides is 2. The molecule has 30 heavy (non-hydrogen) atoms. The summed E-state index contributed by atoms with van der Waals surface area (Å²) in [6, 6.07) is 0. The van der Waals surface area contributed by atoms with E-state index in [1.54, 1.807) is 0 Å². The number of carbonyl (C=O) groups is 3. The molecule has 0 spiro atoms. The molecule has 0 aromatic heterocycles. The number of esters is 1. The highest BCUT2D eigenvalue weighted by molar-refractivity contribution is 8.24. The summed E-state index contributed by atoms with van der Waals surface area (Å²) in [5.41, 5.74) is 5.34. The van der Waals surface area contributed by atoms with E-state index in [4.69, 9.17) is 14.9 Å². The van der Waals surface area contributed by atoms with Crippen LogP contribution in [-0.4, -0.2) is 49.1 Å². The van der Waals surface area contributed by atoms with Crippen LogP contribution in [0.15, 0.2) is 34.1 Å². The molecule has 2 rings (SSSR count). The summed E-state index contributed by atoms with van der Waals surface area (Å²) in [7, 11) is -2.06. The number of hydrogen-bond acceptors (Lipinski definition) is 7. The van der Waals surface area contributed by atoms with E-state index < -0.39 is 20.2 Å². The van der Waals surface area contributed by atoms with E-state index in [9.17, 15) is 14.4 Å². The van der Waals surface area contributed by atoms with Gasteiger partial charge in [0.25, 0.3) is 0 Å². The summed E-state index contributed by atoms with van der Waals surface area (Å²) in [4.78, 5) is 38.1. The molecule has 2 aliphatic heterocycles. The number of primary amides is 1. The van der Waals surface area contributed by atoms with Crippen LogP contribution in [0.2, 0.25) is 18.1 Å². The summed E-state index contributed by atoms with van der Waals surface area (Å²) in [6.07, 6.45) is 2.40. The fourth-order valence-electron chi connectivity index (χ4n) is 2.89. The summed E-state index contributed by atoms with van der Waals surface area (Å²) in [5, 5.41) is 1.29. The van der Waals surface area contributed by atoms with Gasteiger partial charge in [0.1, 0.15) is 12.0 Å². The number of hydrogen-bond donors (Lipinski definition) is 1. The third-order valence-electron chi connectivity index (χ3n) is 5.47. The fourth-order valence-corrected chi connectivity index (χ4v) is 6.94. The van der Waals surface area contributed by atoms with Gasteiger partial charge in [-0.05, 0) is 30.5 Å². The average Bonchev–Trinajstić information content (AvgIpc) is 2.92. The van der Waals surface area contributed by atoms with Crippen LogP contribution < -0.4 is 5.73 Å². The van der Waals surface area contributed by atoms with E-state index in [-0.39, 0.29) is 40.6 Å². The highest BCUT2D eigenvalue weighted by atomic mass is 32.2. The number of nitrogens with two attached hydrogens (primary N) is 1. The Morgan fingerprint density at radius 2 is 2.03 bits per heavy atom. The molecular weight excluding hydrogens is 440 g/mol. The van der Waals surface area contributed by atoms with Gasteiger partial charge in [-0.2, -0.15) is 0 Å². The van der Waals surface area contributed by atoms with Crippen LogP contribution >= 0.6 is 23.5 Å². The Morgan fingerprint density at radius 1 is 1.40 bits per heavy atom. The molecule has 0 aromatic rings. The lowest BCUT2D eigenvalue weighted by molar-refractivity contribution is -0.157. The van der Waals surface area contributed by atoms with Gasteiger partial charge in [-0.15, -0.1) is 0 Å². The molecule has 10 heteroatoms. The lowest BCUT2D eigenvalue weighted by atomic mass is 9.92. The zero-order chi connectivity index (χ0) is 22.9. The molecule has 0 unspecified atom stereocenters. The van der Waals surface area contributed by atoms with E-state index >= 15 is 0 Å². The second-order valence-corrected chi connectivity index (χ2v) is 15.7. The molecule has 2 heterocycles. The van der Waals surface area contributed by atoms with E-state index in [0.29, 0.717) is 4.24 Å². The minimum absolute atomic E-state index is 0.0229. The highest BCUT2D eigenvalue weighted by Gasteiger charge is 2.59. The van der Waals surface area contributed by atoms with E-state index in [1.807, 2.05) is 6.92 Å². The smallest absolute Gasteiger partial charge is 0.357 e. The lowest BCUT2D eigenvalue weighted by Gasteiger charge is -2.48. The number of thioether (sulfide) groups is 2. The summed E-state index contributed by atoms with van der Waals surface area (Å²) >= 11 is 2.58. The van der Waals surface area contributed by atoms with Crippen molar-refractivity contribution in [2.75, 3.05) is 6.61 Å². The van der Waals surface area contributed by atoms with Gasteiger partial charge in [0.2, 0.25) is 11.8 Å². The lowest BCUT2D eigenvalue weighted by Crippen LogP contribution is -2.62. The minimum Gasteiger partial charge on any atom is -0.457 e. The molecule has 1 fully saturated rings. The minimum atomic E-state index is -2.06. The molecule has 166 valence electrons. The fraction of sp³-hybridized carbons (Fsp3) is 0.550. The molecule has 0 radical (unpaired) electrons. The van der Waals surface area contributed by atoms with Crippen molar-refractivity contribution in [1.29, 1.82) is 0 Å². The Balaban J connectivity index is 2.23. The second kappa shape index (κ2) is 9.33. The first-order valence-corrected chi connectivity index (χ1v) is 14.3. The maximum atomic E-state index is 13.0. The molecular formula is C20H30N2O5S2Si. The van der Waals surface area contributed by atoms with Crippen molar-refractivity contribution in [3.63, 3.8) is 0 Å². The Morgan fingerprint density at radius 3 is 2.57 bits per heavy atom. The summed E-state index contributed by atoms with van der Waals surface area (Å²) < 4.78 is 12.2. The van der Waals surface area contributed by atoms with E-state index in [1.165, 1.54) is 46.0 Å². The average molecular weight is 471 g/mol. The standard InChI is InChI=1S/C20H30N2O5S2Si/c1-8-10-26-18(25)15-19(28-11-9-13(21)23)29-17-14(16(24)22(15)17)12(2)27-30(6,7)20(3,4)5/h8-9,11-12,14,17H,1,10H2,2-7H3,(H2,21,23)/b11-9+/t12-,14+,17-/m1/s1. The van der Waals surface area contributed by atoms with Gasteiger partial charge in [0.05, 0.1) is 16.3 Å². The van der Waals surface area contributed by atoms with Gasteiger partial charge >= 0.3 is 5.97 Å². The van der Waals surface area contributed by atoms with Crippen molar-refractivity contribution in [3.8, 4) is 0 Å². The Labute approximate surface area is 187 Å². The van der Waals surface area contributed by atoms with Gasteiger partial charge in [0, 0.05) is 6.08 Å². The quantitative estimate of drug-likeness (QED) is 0.181. The molecule has 2 aliphatic rings. The van der Waals surface area contributed by atoms with Gasteiger partial charge in [-0.25, -0.2) is 4.79 Å². The molecule has 0 aliphatic carbocycles. The van der Waals surface area contributed by atoms with Crippen LogP contribution in [0.4, 0.5) is 0 Å². The monoisotopic (exact) mass is 470 g/mol. The van der Waals surface area contributed by atoms with E-state index in [2.05, 4.69) is 40.4 Å². The third kappa shape index (κ3) is 5.04. The predicted molar refractivity (Wildman–Crippen MR) is 124 cm³/mol. The molecule has 0 aromatic carbocycles. The van der Waals surface area contributed by atoms with Crippen LogP contribution in [0.3, 0.4) is 0 Å². The van der Waals surface area contributed by atoms with Crippen LogP contribution in [0.1, 0.15) is 27.7 Å². The van der Waals surface area contributed by atoms with Crippen LogP contribution in [0.25, 0.3) is 0 Å². The van der Waals surface area contributed by atoms with Crippen LogP contribution in [-0.2, 0) is 23.5 Å². The largest absolute Gasteiger partial charge is 0.457 e. The Hall–Kier alpha value is -1.49. The van der Waals surface area contributed by atoms with Crippen molar-refractivity contribution < 1.29 is 23.5 Å². The molecule has 1 saturated heterocycles. The third-order valence-corrected chi connectivity index (χ3v) is 12.5. The highest BCUT2D eigenvalue weighted by Crippen LogP contribution is 2.55. The summed E-state index contributed by atoms with van der Waals surface area (Å²) in [5.74, 6) is -1.69. The van der Waals surface area contributed by atoms with Gasteiger partial charge in [-0.3, -0.25) is 14.5 Å². The zero-order valence-corrected chi connectivity index (χ0v) is 20.9. The normalized spacial score (nSPS) is 22.7. The molecule has 2 amide bonds. The summed E-state index contributed by atoms with van der Waals surface area (Å²) in [6.45, 7) is 16.3. The van der Waals surface area contributed by atoms with Crippen molar-refractivity contribution in [1.82, 2.24) is 4.90 Å². The van der Waals surface area contributed by atoms with Gasteiger partial charge in [0.15, 0.2) is 14.0 Å². The first kappa shape index (κ1) is 24.8. The number of fused-ring (bicyclic) bond motifs is 1. The van der Waals surface area contributed by atoms with Crippen LogP contribution in [0, 0.1) is 5.92 Å². The maximum Gasteiger partial charge on any atom is 0.357 e. The first-order chi connectivity index (χ1) is 13.8. The second-order valence-electron chi connectivity index (χ2n) is 8.67. The first-order valence-electron chi connectivity index (χ1n) is 9.64. The van der Waals surface area contributed by atoms with Gasteiger partial charge in [-0.1, -0.05) is 56.9 Å². The van der Waals surface area contributed by atoms with Gasteiger partial charge < -0.3 is 14.9 Å². The Bertz CT molecular complexity index is 804. The number of carbonyl (C=O) groups excluding carboxylic acids is 3. The SMILES string of the molecule is C=CCOC(=O)C1=C(S/C=C/C(N)=O)S[C@@H]2[C@@H]([C@@H](C)O[Si](C)(C)C(C)(C)C)C(=O)N12. The number of β-lactam (4-membered cyclic amide) rings is 1. The topological polar surface area (TPSA) is 98.9 Å². The van der Waals surface area contributed by atoms with Crippen molar-refractivity contribution in [2.24, 2.45) is 11.7 Å².